The summed E-state index contributed by atoms with van der Waals surface area (Å²) in [5.41, 5.74) is 0. The number of urea groups is 1. The minimum absolute atomic E-state index is 0.139. The Bertz CT molecular complexity index is 519. The van der Waals surface area contributed by atoms with Crippen LogP contribution in [0.25, 0.3) is 6.08 Å². The molecule has 1 aliphatic rings. The van der Waals surface area contributed by atoms with Crippen LogP contribution in [0.3, 0.4) is 0 Å². The van der Waals surface area contributed by atoms with Gasteiger partial charge in [0.25, 0.3) is 0 Å². The van der Waals surface area contributed by atoms with Crippen molar-refractivity contribution in [3.8, 4) is 0 Å². The summed E-state index contributed by atoms with van der Waals surface area (Å²) in [6.07, 6.45) is 6.09. The number of nitrogens with one attached hydrogen (secondary N) is 1. The molecule has 2 rings (SSSR count). The van der Waals surface area contributed by atoms with E-state index < -0.39 is 5.97 Å². The van der Waals surface area contributed by atoms with Gasteiger partial charge < -0.3 is 10.0 Å². The van der Waals surface area contributed by atoms with Crippen molar-refractivity contribution in [2.45, 2.75) is 19.8 Å². The van der Waals surface area contributed by atoms with Crippen LogP contribution in [0.15, 0.2) is 12.3 Å². The number of aromatic nitrogens is 1. The van der Waals surface area contributed by atoms with Crippen molar-refractivity contribution >= 4 is 34.5 Å². The molecule has 0 aromatic carbocycles. The van der Waals surface area contributed by atoms with Gasteiger partial charge in [0.1, 0.15) is 0 Å². The molecule has 0 unspecified atom stereocenters. The van der Waals surface area contributed by atoms with Gasteiger partial charge in [-0.2, -0.15) is 0 Å². The summed E-state index contributed by atoms with van der Waals surface area (Å²) in [5, 5.41) is 11.8. The van der Waals surface area contributed by atoms with Crippen molar-refractivity contribution in [1.82, 2.24) is 9.88 Å². The van der Waals surface area contributed by atoms with E-state index in [2.05, 4.69) is 17.2 Å². The van der Waals surface area contributed by atoms with Gasteiger partial charge in [0, 0.05) is 30.2 Å². The number of aliphatic carboxylic acids is 1. The van der Waals surface area contributed by atoms with E-state index >= 15 is 0 Å². The number of likely N-dealkylation sites (tertiary alicyclic amines) is 1. The Labute approximate surface area is 121 Å². The minimum Gasteiger partial charge on any atom is -0.478 e. The van der Waals surface area contributed by atoms with Crippen molar-refractivity contribution in [2.24, 2.45) is 5.92 Å². The third kappa shape index (κ3) is 4.06. The predicted molar refractivity (Wildman–Crippen MR) is 77.8 cm³/mol. The largest absolute Gasteiger partial charge is 0.478 e. The highest BCUT2D eigenvalue weighted by Crippen LogP contribution is 2.21. The number of carboxylic acids is 1. The number of thiazole rings is 1. The molecule has 1 fully saturated rings. The number of carboxylic acid groups (broad SMARTS) is 1. The number of carbonyl (C=O) groups is 2. The maximum Gasteiger partial charge on any atom is 0.328 e. The van der Waals surface area contributed by atoms with E-state index in [0.717, 1.165) is 32.0 Å². The molecular formula is C13H17N3O3S. The first-order valence-electron chi connectivity index (χ1n) is 6.47. The van der Waals surface area contributed by atoms with Crippen LogP contribution in [0.4, 0.5) is 9.93 Å². The molecular weight excluding hydrogens is 278 g/mol. The quantitative estimate of drug-likeness (QED) is 0.839. The fourth-order valence-corrected chi connectivity index (χ4v) is 2.67. The molecule has 2 amide bonds. The van der Waals surface area contributed by atoms with Gasteiger partial charge in [-0.25, -0.2) is 14.6 Å². The van der Waals surface area contributed by atoms with E-state index in [1.54, 1.807) is 4.90 Å². The molecule has 0 bridgehead atoms. The highest BCUT2D eigenvalue weighted by molar-refractivity contribution is 7.16. The zero-order valence-corrected chi connectivity index (χ0v) is 12.0. The number of piperidine rings is 1. The summed E-state index contributed by atoms with van der Waals surface area (Å²) in [5.74, 6) is -0.335. The number of hydrogen-bond acceptors (Lipinski definition) is 4. The third-order valence-corrected chi connectivity index (χ3v) is 4.08. The fraction of sp³-hybridized carbons (Fsp3) is 0.462. The highest BCUT2D eigenvalue weighted by atomic mass is 32.1. The second-order valence-electron chi connectivity index (χ2n) is 4.84. The van der Waals surface area contributed by atoms with Crippen LogP contribution in [0, 0.1) is 5.92 Å². The van der Waals surface area contributed by atoms with Crippen molar-refractivity contribution in [1.29, 1.82) is 0 Å². The van der Waals surface area contributed by atoms with Gasteiger partial charge in [-0.15, -0.1) is 0 Å². The smallest absolute Gasteiger partial charge is 0.328 e. The number of amides is 2. The first-order chi connectivity index (χ1) is 9.54. The standard InChI is InChI=1S/C13H17N3O3S/c1-9-4-6-16(7-5-9)13(19)15-12-14-8-10(20-12)2-3-11(17)18/h2-3,8-9H,4-7H2,1H3,(H,17,18)(H,14,15,19). The predicted octanol–water partition coefficient (Wildman–Crippen LogP) is 2.50. The summed E-state index contributed by atoms with van der Waals surface area (Å²) in [6, 6.07) is -0.139. The Morgan fingerprint density at radius 2 is 2.20 bits per heavy atom. The fourth-order valence-electron chi connectivity index (χ4n) is 1.96. The van der Waals surface area contributed by atoms with E-state index in [-0.39, 0.29) is 6.03 Å². The lowest BCUT2D eigenvalue weighted by Crippen LogP contribution is -2.40. The molecule has 2 N–H and O–H groups in total. The van der Waals surface area contributed by atoms with Gasteiger partial charge >= 0.3 is 12.0 Å². The molecule has 108 valence electrons. The number of hydrogen-bond donors (Lipinski definition) is 2. The topological polar surface area (TPSA) is 82.5 Å². The van der Waals surface area contributed by atoms with Gasteiger partial charge in [-0.1, -0.05) is 18.3 Å². The lowest BCUT2D eigenvalue weighted by molar-refractivity contribution is -0.131. The van der Waals surface area contributed by atoms with Crippen LogP contribution < -0.4 is 5.32 Å². The molecule has 0 atom stereocenters. The number of nitrogens with zero attached hydrogens (tertiary/aromatic N) is 2. The zero-order chi connectivity index (χ0) is 14.5. The normalized spacial score (nSPS) is 16.6. The van der Waals surface area contributed by atoms with Gasteiger partial charge in [0.15, 0.2) is 5.13 Å². The second-order valence-corrected chi connectivity index (χ2v) is 5.90. The van der Waals surface area contributed by atoms with E-state index in [1.807, 2.05) is 0 Å². The van der Waals surface area contributed by atoms with Crippen LogP contribution >= 0.6 is 11.3 Å². The summed E-state index contributed by atoms with van der Waals surface area (Å²) in [6.45, 7) is 3.73. The lowest BCUT2D eigenvalue weighted by Gasteiger charge is -2.29. The van der Waals surface area contributed by atoms with Gasteiger partial charge in [0.2, 0.25) is 0 Å². The van der Waals surface area contributed by atoms with Crippen molar-refractivity contribution in [3.05, 3.63) is 17.2 Å². The maximum absolute atomic E-state index is 12.0. The Kier molecular flexibility index (Phi) is 4.73. The second kappa shape index (κ2) is 6.51. The maximum atomic E-state index is 12.0. The molecule has 0 saturated carbocycles. The SMILES string of the molecule is CC1CCN(C(=O)Nc2ncc(C=CC(=O)O)s2)CC1. The summed E-state index contributed by atoms with van der Waals surface area (Å²) in [4.78, 5) is 29.0. The average Bonchev–Trinajstić information content (AvgIpc) is 2.84. The molecule has 0 radical (unpaired) electrons. The molecule has 6 nitrogen and oxygen atoms in total. The van der Waals surface area contributed by atoms with Crippen LogP contribution in [-0.4, -0.2) is 40.1 Å². The van der Waals surface area contributed by atoms with Gasteiger partial charge in [0.05, 0.1) is 0 Å². The number of rotatable bonds is 3. The third-order valence-electron chi connectivity index (χ3n) is 3.20. The molecule has 1 aromatic rings. The summed E-state index contributed by atoms with van der Waals surface area (Å²) < 4.78 is 0. The average molecular weight is 295 g/mol. The van der Waals surface area contributed by atoms with E-state index in [0.29, 0.717) is 15.9 Å². The molecule has 0 spiro atoms. The molecule has 7 heteroatoms. The van der Waals surface area contributed by atoms with E-state index in [4.69, 9.17) is 5.11 Å². The van der Waals surface area contributed by atoms with Crippen LogP contribution in [0.5, 0.6) is 0 Å². The monoisotopic (exact) mass is 295 g/mol. The van der Waals surface area contributed by atoms with E-state index in [9.17, 15) is 9.59 Å². The van der Waals surface area contributed by atoms with E-state index in [1.165, 1.54) is 23.6 Å². The molecule has 2 heterocycles. The van der Waals surface area contributed by atoms with Gasteiger partial charge in [-0.3, -0.25) is 5.32 Å². The molecule has 20 heavy (non-hydrogen) atoms. The molecule has 1 aromatic heterocycles. The number of carbonyl (C=O) groups excluding carboxylic acids is 1. The zero-order valence-electron chi connectivity index (χ0n) is 11.2. The molecule has 0 aliphatic carbocycles. The van der Waals surface area contributed by atoms with Crippen molar-refractivity contribution in [3.63, 3.8) is 0 Å². The summed E-state index contributed by atoms with van der Waals surface area (Å²) >= 11 is 1.25. The molecule has 1 saturated heterocycles. The Morgan fingerprint density at radius 3 is 2.85 bits per heavy atom. The van der Waals surface area contributed by atoms with Crippen LogP contribution in [0.1, 0.15) is 24.6 Å². The van der Waals surface area contributed by atoms with Crippen LogP contribution in [-0.2, 0) is 4.79 Å². The first kappa shape index (κ1) is 14.5. The Balaban J connectivity index is 1.90. The Morgan fingerprint density at radius 1 is 1.50 bits per heavy atom. The minimum atomic E-state index is -1.01. The van der Waals surface area contributed by atoms with Crippen molar-refractivity contribution < 1.29 is 14.7 Å². The van der Waals surface area contributed by atoms with Crippen molar-refractivity contribution in [2.75, 3.05) is 18.4 Å². The van der Waals surface area contributed by atoms with Crippen LogP contribution in [0.2, 0.25) is 0 Å². The number of anilines is 1. The highest BCUT2D eigenvalue weighted by Gasteiger charge is 2.20. The molecule has 1 aliphatic heterocycles. The first-order valence-corrected chi connectivity index (χ1v) is 7.29. The lowest BCUT2D eigenvalue weighted by atomic mass is 10.00. The van der Waals surface area contributed by atoms with Gasteiger partial charge in [-0.05, 0) is 24.8 Å². The summed E-state index contributed by atoms with van der Waals surface area (Å²) in [7, 11) is 0. The Hall–Kier alpha value is -1.89.